The zero-order valence-electron chi connectivity index (χ0n) is 18.3. The molecule has 0 atom stereocenters. The maximum absolute atomic E-state index is 13.1. The van der Waals surface area contributed by atoms with Crippen LogP contribution in [0.5, 0.6) is 11.5 Å². The number of nitro groups is 1. The monoisotopic (exact) mass is 456 g/mol. The first-order valence-corrected chi connectivity index (χ1v) is 10.6. The van der Waals surface area contributed by atoms with Gasteiger partial charge >= 0.3 is 0 Å². The second kappa shape index (κ2) is 10.2. The van der Waals surface area contributed by atoms with Crippen LogP contribution in [-0.2, 0) is 4.79 Å². The van der Waals surface area contributed by atoms with Gasteiger partial charge in [-0.3, -0.25) is 19.8 Å². The van der Waals surface area contributed by atoms with Gasteiger partial charge in [-0.25, -0.2) is 4.98 Å². The van der Waals surface area contributed by atoms with E-state index in [0.29, 0.717) is 40.8 Å². The molecule has 0 aliphatic heterocycles. The topological polar surface area (TPSA) is 98.0 Å². The number of rotatable bonds is 9. The number of aromatic nitrogens is 1. The van der Waals surface area contributed by atoms with Crippen molar-refractivity contribution in [2.45, 2.75) is 0 Å². The van der Waals surface area contributed by atoms with Crippen molar-refractivity contribution in [2.75, 3.05) is 46.3 Å². The Morgan fingerprint density at radius 2 is 1.78 bits per heavy atom. The molecule has 0 spiro atoms. The van der Waals surface area contributed by atoms with Gasteiger partial charge in [-0.2, -0.15) is 0 Å². The first kappa shape index (κ1) is 23.2. The number of carbonyl (C=O) groups excluding carboxylic acids is 1. The van der Waals surface area contributed by atoms with Crippen LogP contribution in [0.1, 0.15) is 5.56 Å². The van der Waals surface area contributed by atoms with Crippen LogP contribution in [0.15, 0.2) is 42.5 Å². The Labute approximate surface area is 189 Å². The molecule has 0 unspecified atom stereocenters. The summed E-state index contributed by atoms with van der Waals surface area (Å²) in [6.07, 6.45) is 3.08. The minimum absolute atomic E-state index is 0.00131. The molecule has 1 amide bonds. The molecule has 3 rings (SSSR count). The molecule has 0 bridgehead atoms. The second-order valence-electron chi connectivity index (χ2n) is 7.15. The zero-order chi connectivity index (χ0) is 23.3. The quantitative estimate of drug-likeness (QED) is 0.274. The van der Waals surface area contributed by atoms with E-state index in [0.717, 1.165) is 4.70 Å². The molecule has 1 heterocycles. The van der Waals surface area contributed by atoms with Crippen molar-refractivity contribution in [3.8, 4) is 11.5 Å². The molecule has 9 nitrogen and oxygen atoms in total. The second-order valence-corrected chi connectivity index (χ2v) is 8.16. The Bertz CT molecular complexity index is 1100. The lowest BCUT2D eigenvalue weighted by Crippen LogP contribution is -2.35. The molecule has 0 saturated carbocycles. The molecule has 168 valence electrons. The molecule has 10 heteroatoms. The standard InChI is InChI=1S/C22H24N4O5S/c1-24(2)11-12-25(21(27)10-7-15-5-8-16(9-6-15)26(28)29)22-23-17-13-18(30-3)19(31-4)14-20(17)32-22/h5-10,13-14H,11-12H2,1-4H3. The summed E-state index contributed by atoms with van der Waals surface area (Å²) in [6.45, 7) is 1.10. The molecule has 1 aromatic heterocycles. The number of hydrogen-bond donors (Lipinski definition) is 0. The normalized spacial score (nSPS) is 11.3. The maximum Gasteiger partial charge on any atom is 0.269 e. The van der Waals surface area contributed by atoms with E-state index in [1.165, 1.54) is 29.5 Å². The number of anilines is 1. The number of non-ortho nitro benzene ring substituents is 1. The molecular weight excluding hydrogens is 432 g/mol. The summed E-state index contributed by atoms with van der Waals surface area (Å²) < 4.78 is 11.6. The van der Waals surface area contributed by atoms with Crippen LogP contribution < -0.4 is 14.4 Å². The summed E-state index contributed by atoms with van der Waals surface area (Å²) in [5.74, 6) is 0.934. The summed E-state index contributed by atoms with van der Waals surface area (Å²) >= 11 is 1.39. The number of fused-ring (bicyclic) bond motifs is 1. The van der Waals surface area contributed by atoms with Crippen molar-refractivity contribution in [2.24, 2.45) is 0 Å². The smallest absolute Gasteiger partial charge is 0.269 e. The fourth-order valence-electron chi connectivity index (χ4n) is 2.92. The van der Waals surface area contributed by atoms with Gasteiger partial charge in [-0.15, -0.1) is 0 Å². The van der Waals surface area contributed by atoms with Gasteiger partial charge < -0.3 is 14.4 Å². The molecule has 2 aromatic carbocycles. The highest BCUT2D eigenvalue weighted by molar-refractivity contribution is 7.22. The predicted molar refractivity (Wildman–Crippen MR) is 126 cm³/mol. The zero-order valence-corrected chi connectivity index (χ0v) is 19.1. The molecule has 0 N–H and O–H groups in total. The van der Waals surface area contributed by atoms with Gasteiger partial charge in [0.1, 0.15) is 0 Å². The van der Waals surface area contributed by atoms with Crippen molar-refractivity contribution in [3.63, 3.8) is 0 Å². The van der Waals surface area contributed by atoms with Crippen LogP contribution in [-0.4, -0.2) is 62.1 Å². The fraction of sp³-hybridized carbons (Fsp3) is 0.273. The van der Waals surface area contributed by atoms with E-state index in [9.17, 15) is 14.9 Å². The van der Waals surface area contributed by atoms with Crippen molar-refractivity contribution < 1.29 is 19.2 Å². The average Bonchev–Trinajstić information content (AvgIpc) is 3.19. The summed E-state index contributed by atoms with van der Waals surface area (Å²) in [7, 11) is 7.00. The first-order valence-electron chi connectivity index (χ1n) is 9.73. The lowest BCUT2D eigenvalue weighted by Gasteiger charge is -2.20. The highest BCUT2D eigenvalue weighted by Crippen LogP contribution is 2.37. The number of hydrogen-bond acceptors (Lipinski definition) is 8. The number of amides is 1. The van der Waals surface area contributed by atoms with E-state index in [1.807, 2.05) is 25.1 Å². The molecule has 32 heavy (non-hydrogen) atoms. The average molecular weight is 457 g/mol. The highest BCUT2D eigenvalue weighted by Gasteiger charge is 2.19. The lowest BCUT2D eigenvalue weighted by atomic mass is 10.2. The van der Waals surface area contributed by atoms with Gasteiger partial charge in [0.15, 0.2) is 16.6 Å². The summed E-state index contributed by atoms with van der Waals surface area (Å²) in [4.78, 5) is 31.7. The van der Waals surface area contributed by atoms with E-state index in [1.54, 1.807) is 43.4 Å². The first-order chi connectivity index (χ1) is 15.3. The van der Waals surface area contributed by atoms with E-state index in [-0.39, 0.29) is 11.6 Å². The van der Waals surface area contributed by atoms with Crippen LogP contribution in [0.3, 0.4) is 0 Å². The highest BCUT2D eigenvalue weighted by atomic mass is 32.1. The molecule has 0 saturated heterocycles. The number of carbonyl (C=O) groups is 1. The number of nitro benzene ring substituents is 1. The number of benzene rings is 2. The third-order valence-corrected chi connectivity index (χ3v) is 5.71. The van der Waals surface area contributed by atoms with E-state index in [2.05, 4.69) is 4.98 Å². The number of methoxy groups -OCH3 is 2. The molecule has 0 fully saturated rings. The van der Waals surface area contributed by atoms with Gasteiger partial charge in [0.05, 0.1) is 29.4 Å². The predicted octanol–water partition coefficient (Wildman–Crippen LogP) is 3.83. The molecule has 3 aromatic rings. The number of ether oxygens (including phenoxy) is 2. The van der Waals surface area contributed by atoms with Crippen LogP contribution in [0.4, 0.5) is 10.8 Å². The van der Waals surface area contributed by atoms with Crippen LogP contribution >= 0.6 is 11.3 Å². The molecule has 0 aliphatic rings. The van der Waals surface area contributed by atoms with E-state index in [4.69, 9.17) is 9.47 Å². The number of nitrogens with zero attached hydrogens (tertiary/aromatic N) is 4. The van der Waals surface area contributed by atoms with Crippen LogP contribution in [0, 0.1) is 10.1 Å². The Morgan fingerprint density at radius 3 is 2.38 bits per heavy atom. The van der Waals surface area contributed by atoms with E-state index >= 15 is 0 Å². The summed E-state index contributed by atoms with van der Waals surface area (Å²) in [6, 6.07) is 9.64. The van der Waals surface area contributed by atoms with Crippen molar-refractivity contribution >= 4 is 44.4 Å². The van der Waals surface area contributed by atoms with Crippen LogP contribution in [0.25, 0.3) is 16.3 Å². The van der Waals surface area contributed by atoms with Crippen LogP contribution in [0.2, 0.25) is 0 Å². The van der Waals surface area contributed by atoms with Gasteiger partial charge in [-0.1, -0.05) is 11.3 Å². The Balaban J connectivity index is 1.89. The Hall–Kier alpha value is -3.50. The fourth-order valence-corrected chi connectivity index (χ4v) is 3.93. The van der Waals surface area contributed by atoms with Gasteiger partial charge in [0.25, 0.3) is 11.6 Å². The number of likely N-dealkylation sites (N-methyl/N-ethyl adjacent to an activating group) is 1. The van der Waals surface area contributed by atoms with Crippen molar-refractivity contribution in [1.29, 1.82) is 0 Å². The summed E-state index contributed by atoms with van der Waals surface area (Å²) in [5.41, 5.74) is 1.40. The third kappa shape index (κ3) is 5.40. The minimum Gasteiger partial charge on any atom is -0.493 e. The van der Waals surface area contributed by atoms with E-state index < -0.39 is 4.92 Å². The van der Waals surface area contributed by atoms with Gasteiger partial charge in [-0.05, 0) is 37.9 Å². The van der Waals surface area contributed by atoms with Gasteiger partial charge in [0, 0.05) is 43.4 Å². The van der Waals surface area contributed by atoms with Crippen molar-refractivity contribution in [3.05, 3.63) is 58.2 Å². The Morgan fingerprint density at radius 1 is 1.12 bits per heavy atom. The van der Waals surface area contributed by atoms with Gasteiger partial charge in [0.2, 0.25) is 0 Å². The minimum atomic E-state index is -0.460. The SMILES string of the molecule is COc1cc2nc(N(CCN(C)C)C(=O)C=Cc3ccc([N+](=O)[O-])cc3)sc2cc1OC. The van der Waals surface area contributed by atoms with Crippen molar-refractivity contribution in [1.82, 2.24) is 9.88 Å². The largest absolute Gasteiger partial charge is 0.493 e. The third-order valence-electron chi connectivity index (χ3n) is 4.67. The lowest BCUT2D eigenvalue weighted by molar-refractivity contribution is -0.384. The maximum atomic E-state index is 13.1. The molecular formula is C22H24N4O5S. The summed E-state index contributed by atoms with van der Waals surface area (Å²) in [5, 5.41) is 11.4. The Kier molecular flexibility index (Phi) is 7.39. The number of thiazole rings is 1. The molecule has 0 radical (unpaired) electrons. The molecule has 0 aliphatic carbocycles.